The Hall–Kier alpha value is -1.22. The van der Waals surface area contributed by atoms with Crippen molar-refractivity contribution < 1.29 is 9.53 Å². The first kappa shape index (κ1) is 11.3. The molecule has 0 bridgehead atoms. The van der Waals surface area contributed by atoms with E-state index in [4.69, 9.17) is 16.3 Å². The normalized spacial score (nSPS) is 14.6. The van der Waals surface area contributed by atoms with E-state index in [0.29, 0.717) is 17.4 Å². The molecule has 0 aliphatic heterocycles. The van der Waals surface area contributed by atoms with Crippen LogP contribution in [0.3, 0.4) is 0 Å². The van der Waals surface area contributed by atoms with Gasteiger partial charge in [0.1, 0.15) is 5.75 Å². The number of benzene rings is 1. The summed E-state index contributed by atoms with van der Waals surface area (Å²) in [6.45, 7) is 2.48. The summed E-state index contributed by atoms with van der Waals surface area (Å²) in [5, 5.41) is 3.36. The number of carbonyl (C=O) groups excluding carboxylic acids is 1. The monoisotopic (exact) mass is 239 g/mol. The zero-order valence-corrected chi connectivity index (χ0v) is 9.88. The first-order valence-electron chi connectivity index (χ1n) is 5.44. The van der Waals surface area contributed by atoms with Crippen LogP contribution in [-0.2, 0) is 4.79 Å². The third-order valence-electron chi connectivity index (χ3n) is 2.45. The summed E-state index contributed by atoms with van der Waals surface area (Å²) in [4.78, 5) is 11.5. The van der Waals surface area contributed by atoms with E-state index < -0.39 is 0 Å². The number of ether oxygens (including phenoxy) is 1. The Balaban J connectivity index is 2.04. The van der Waals surface area contributed by atoms with Crippen LogP contribution in [0.5, 0.6) is 5.75 Å². The van der Waals surface area contributed by atoms with E-state index in [1.165, 1.54) is 0 Å². The smallest absolute Gasteiger partial charge is 0.227 e. The Labute approximate surface area is 99.7 Å². The predicted molar refractivity (Wildman–Crippen MR) is 64.0 cm³/mol. The molecule has 0 aromatic heterocycles. The summed E-state index contributed by atoms with van der Waals surface area (Å²) in [7, 11) is 0. The summed E-state index contributed by atoms with van der Waals surface area (Å²) in [5.74, 6) is 0.930. The van der Waals surface area contributed by atoms with Crippen LogP contribution in [0.25, 0.3) is 0 Å². The fourth-order valence-corrected chi connectivity index (χ4v) is 1.68. The molecule has 1 saturated carbocycles. The van der Waals surface area contributed by atoms with Crippen LogP contribution in [0.4, 0.5) is 5.69 Å². The van der Waals surface area contributed by atoms with Gasteiger partial charge in [-0.05, 0) is 38.0 Å². The van der Waals surface area contributed by atoms with Crippen molar-refractivity contribution in [2.75, 3.05) is 11.9 Å². The average molecular weight is 240 g/mol. The summed E-state index contributed by atoms with van der Waals surface area (Å²) in [6, 6.07) is 5.29. The Morgan fingerprint density at radius 3 is 2.88 bits per heavy atom. The highest BCUT2D eigenvalue weighted by atomic mass is 35.5. The number of anilines is 1. The van der Waals surface area contributed by atoms with Crippen LogP contribution in [0.1, 0.15) is 19.8 Å². The molecule has 16 heavy (non-hydrogen) atoms. The maximum absolute atomic E-state index is 11.5. The lowest BCUT2D eigenvalue weighted by Gasteiger charge is -2.08. The molecule has 1 N–H and O–H groups in total. The molecule has 2 rings (SSSR count). The Morgan fingerprint density at radius 2 is 2.31 bits per heavy atom. The maximum Gasteiger partial charge on any atom is 0.227 e. The largest absolute Gasteiger partial charge is 0.492 e. The van der Waals surface area contributed by atoms with Crippen molar-refractivity contribution >= 4 is 23.2 Å². The molecule has 0 spiro atoms. The average Bonchev–Trinajstić information content (AvgIpc) is 3.05. The van der Waals surface area contributed by atoms with Crippen molar-refractivity contribution in [2.24, 2.45) is 5.92 Å². The molecule has 0 heterocycles. The molecule has 1 aromatic rings. The van der Waals surface area contributed by atoms with Crippen molar-refractivity contribution in [3.05, 3.63) is 23.2 Å². The number of rotatable bonds is 4. The van der Waals surface area contributed by atoms with Gasteiger partial charge in [0.15, 0.2) is 0 Å². The van der Waals surface area contributed by atoms with Crippen LogP contribution in [0, 0.1) is 5.92 Å². The topological polar surface area (TPSA) is 38.3 Å². The molecule has 0 radical (unpaired) electrons. The molecular formula is C12H14ClNO2. The highest BCUT2D eigenvalue weighted by Crippen LogP contribution is 2.32. The van der Waals surface area contributed by atoms with Crippen LogP contribution >= 0.6 is 11.6 Å². The second kappa shape index (κ2) is 4.74. The molecule has 1 fully saturated rings. The van der Waals surface area contributed by atoms with Crippen molar-refractivity contribution in [3.63, 3.8) is 0 Å². The van der Waals surface area contributed by atoms with E-state index in [2.05, 4.69) is 5.32 Å². The summed E-state index contributed by atoms with van der Waals surface area (Å²) in [6.07, 6.45) is 1.99. The summed E-state index contributed by atoms with van der Waals surface area (Å²) in [5.41, 5.74) is 0.727. The molecule has 4 heteroatoms. The zero-order valence-electron chi connectivity index (χ0n) is 9.13. The second-order valence-corrected chi connectivity index (χ2v) is 4.25. The van der Waals surface area contributed by atoms with Gasteiger partial charge in [-0.1, -0.05) is 11.6 Å². The van der Waals surface area contributed by atoms with Crippen molar-refractivity contribution in [2.45, 2.75) is 19.8 Å². The predicted octanol–water partition coefficient (Wildman–Crippen LogP) is 3.09. The van der Waals surface area contributed by atoms with Gasteiger partial charge in [0, 0.05) is 11.6 Å². The Morgan fingerprint density at radius 1 is 1.56 bits per heavy atom. The molecule has 0 saturated heterocycles. The van der Waals surface area contributed by atoms with Gasteiger partial charge in [0.05, 0.1) is 11.6 Å². The summed E-state index contributed by atoms with van der Waals surface area (Å²) >= 11 is 6.01. The molecular weight excluding hydrogens is 226 g/mol. The quantitative estimate of drug-likeness (QED) is 0.877. The maximum atomic E-state index is 11.5. The molecule has 0 atom stereocenters. The lowest BCUT2D eigenvalue weighted by Crippen LogP contribution is -2.13. The van der Waals surface area contributed by atoms with Crippen molar-refractivity contribution in [3.8, 4) is 5.75 Å². The minimum absolute atomic E-state index is 0.0835. The standard InChI is InChI=1S/C12H14ClNO2/c1-2-16-11-6-5-9(7-10(11)13)14-12(15)8-3-4-8/h5-8H,2-4H2,1H3,(H,14,15). The molecule has 3 nitrogen and oxygen atoms in total. The first-order chi connectivity index (χ1) is 7.70. The van der Waals surface area contributed by atoms with Crippen molar-refractivity contribution in [1.82, 2.24) is 0 Å². The van der Waals surface area contributed by atoms with Gasteiger partial charge in [-0.25, -0.2) is 0 Å². The van der Waals surface area contributed by atoms with Crippen LogP contribution in [-0.4, -0.2) is 12.5 Å². The molecule has 0 unspecified atom stereocenters. The number of halogens is 1. The van der Waals surface area contributed by atoms with E-state index in [9.17, 15) is 4.79 Å². The zero-order chi connectivity index (χ0) is 11.5. The fraction of sp³-hybridized carbons (Fsp3) is 0.417. The van der Waals surface area contributed by atoms with Gasteiger partial charge in [0.2, 0.25) is 5.91 Å². The lowest BCUT2D eigenvalue weighted by molar-refractivity contribution is -0.117. The molecule has 1 aliphatic rings. The minimum Gasteiger partial charge on any atom is -0.492 e. The highest BCUT2D eigenvalue weighted by Gasteiger charge is 2.29. The third kappa shape index (κ3) is 2.67. The number of nitrogens with one attached hydrogen (secondary N) is 1. The van der Waals surface area contributed by atoms with Crippen molar-refractivity contribution in [1.29, 1.82) is 0 Å². The van der Waals surface area contributed by atoms with Gasteiger partial charge in [0.25, 0.3) is 0 Å². The van der Waals surface area contributed by atoms with Gasteiger partial charge in [-0.15, -0.1) is 0 Å². The van der Waals surface area contributed by atoms with Crippen LogP contribution < -0.4 is 10.1 Å². The molecule has 1 aliphatic carbocycles. The van der Waals surface area contributed by atoms with E-state index in [0.717, 1.165) is 18.5 Å². The third-order valence-corrected chi connectivity index (χ3v) is 2.74. The number of hydrogen-bond acceptors (Lipinski definition) is 2. The van der Waals surface area contributed by atoms with Gasteiger partial charge < -0.3 is 10.1 Å². The lowest BCUT2D eigenvalue weighted by atomic mass is 10.3. The number of carbonyl (C=O) groups is 1. The molecule has 1 aromatic carbocycles. The van der Waals surface area contributed by atoms with E-state index in [1.807, 2.05) is 6.92 Å². The SMILES string of the molecule is CCOc1ccc(NC(=O)C2CC2)cc1Cl. The molecule has 86 valence electrons. The second-order valence-electron chi connectivity index (χ2n) is 3.84. The minimum atomic E-state index is 0.0835. The summed E-state index contributed by atoms with van der Waals surface area (Å²) < 4.78 is 5.31. The Kier molecular flexibility index (Phi) is 3.34. The fourth-order valence-electron chi connectivity index (χ4n) is 1.44. The van der Waals surface area contributed by atoms with E-state index >= 15 is 0 Å². The van der Waals surface area contributed by atoms with Gasteiger partial charge in [-0.3, -0.25) is 4.79 Å². The van der Waals surface area contributed by atoms with Gasteiger partial charge >= 0.3 is 0 Å². The van der Waals surface area contributed by atoms with Crippen LogP contribution in [0.2, 0.25) is 5.02 Å². The molecule has 1 amide bonds. The van der Waals surface area contributed by atoms with Gasteiger partial charge in [-0.2, -0.15) is 0 Å². The first-order valence-corrected chi connectivity index (χ1v) is 5.81. The number of amides is 1. The highest BCUT2D eigenvalue weighted by molar-refractivity contribution is 6.32. The van der Waals surface area contributed by atoms with E-state index in [1.54, 1.807) is 18.2 Å². The van der Waals surface area contributed by atoms with E-state index in [-0.39, 0.29) is 11.8 Å². The van der Waals surface area contributed by atoms with Crippen LogP contribution in [0.15, 0.2) is 18.2 Å². The Bertz CT molecular complexity index is 402. The number of hydrogen-bond donors (Lipinski definition) is 1.